The third kappa shape index (κ3) is 0.891. The zero-order chi connectivity index (χ0) is 8.93. The van der Waals surface area contributed by atoms with E-state index >= 15 is 0 Å². The molecule has 0 heterocycles. The van der Waals surface area contributed by atoms with Gasteiger partial charge in [0.15, 0.2) is 0 Å². The maximum absolute atomic E-state index is 11.0. The van der Waals surface area contributed by atoms with Crippen molar-refractivity contribution in [2.45, 2.75) is 26.7 Å². The largest absolute Gasteiger partial charge is 0.276 e. The van der Waals surface area contributed by atoms with Crippen LogP contribution in [-0.2, 0) is 4.79 Å². The molecule has 3 aliphatic rings. The molecule has 0 amide bonds. The molecular weight excluding hydrogens is 172 g/mol. The molecule has 0 aromatic rings. The summed E-state index contributed by atoms with van der Waals surface area (Å²) in [5.41, 5.74) is 1.18. The van der Waals surface area contributed by atoms with E-state index in [1.165, 1.54) is 0 Å². The molecule has 2 heteroatoms. The van der Waals surface area contributed by atoms with Gasteiger partial charge in [0.05, 0.1) is 0 Å². The van der Waals surface area contributed by atoms with Crippen molar-refractivity contribution >= 4 is 16.8 Å². The smallest absolute Gasteiger partial charge is 0.248 e. The summed E-state index contributed by atoms with van der Waals surface area (Å²) >= 11 is 5.50. The van der Waals surface area contributed by atoms with Gasteiger partial charge in [-0.05, 0) is 41.7 Å². The van der Waals surface area contributed by atoms with E-state index in [2.05, 4.69) is 13.8 Å². The predicted molar refractivity (Wildman–Crippen MR) is 48.9 cm³/mol. The van der Waals surface area contributed by atoms with E-state index in [1.54, 1.807) is 0 Å². The lowest BCUT2D eigenvalue weighted by atomic mass is 9.49. The highest BCUT2D eigenvalue weighted by Crippen LogP contribution is 2.59. The molecule has 0 aromatic carbocycles. The van der Waals surface area contributed by atoms with Gasteiger partial charge in [0.1, 0.15) is 0 Å². The first-order valence-corrected chi connectivity index (χ1v) is 4.81. The average molecular weight is 185 g/mol. The number of carbonyl (C=O) groups excluding carboxylic acids is 1. The first kappa shape index (κ1) is 8.31. The van der Waals surface area contributed by atoms with Crippen LogP contribution in [0, 0.1) is 17.3 Å². The van der Waals surface area contributed by atoms with Crippen LogP contribution in [0.2, 0.25) is 0 Å². The number of fused-ring (bicyclic) bond motifs is 1. The molecule has 0 radical (unpaired) electrons. The molecule has 2 atom stereocenters. The molecule has 0 N–H and O–H groups in total. The highest BCUT2D eigenvalue weighted by Gasteiger charge is 2.52. The first-order valence-electron chi connectivity index (χ1n) is 4.43. The van der Waals surface area contributed by atoms with Crippen molar-refractivity contribution in [1.82, 2.24) is 0 Å². The molecule has 1 saturated carbocycles. The van der Waals surface area contributed by atoms with Crippen molar-refractivity contribution in [3.05, 3.63) is 11.6 Å². The molecule has 0 saturated heterocycles. The molecule has 0 aromatic heterocycles. The predicted octanol–water partition coefficient (Wildman–Crippen LogP) is 2.74. The lowest BCUT2D eigenvalue weighted by Gasteiger charge is -2.55. The van der Waals surface area contributed by atoms with E-state index in [1.807, 2.05) is 6.08 Å². The van der Waals surface area contributed by atoms with E-state index in [-0.39, 0.29) is 5.24 Å². The summed E-state index contributed by atoms with van der Waals surface area (Å²) in [6, 6.07) is 0. The van der Waals surface area contributed by atoms with Crippen molar-refractivity contribution in [3.8, 4) is 0 Å². The topological polar surface area (TPSA) is 17.1 Å². The molecule has 2 bridgehead atoms. The van der Waals surface area contributed by atoms with Gasteiger partial charge < -0.3 is 0 Å². The van der Waals surface area contributed by atoms with Gasteiger partial charge in [0.2, 0.25) is 5.24 Å². The Morgan fingerprint density at radius 1 is 1.67 bits per heavy atom. The molecular formula is C10H13ClO. The van der Waals surface area contributed by atoms with Gasteiger partial charge in [-0.2, -0.15) is 0 Å². The van der Waals surface area contributed by atoms with Crippen molar-refractivity contribution in [1.29, 1.82) is 0 Å². The van der Waals surface area contributed by atoms with Crippen molar-refractivity contribution < 1.29 is 4.79 Å². The molecule has 2 unspecified atom stereocenters. The third-order valence-corrected chi connectivity index (χ3v) is 3.91. The van der Waals surface area contributed by atoms with Crippen LogP contribution in [-0.4, -0.2) is 5.24 Å². The molecule has 1 fully saturated rings. The van der Waals surface area contributed by atoms with Gasteiger partial charge >= 0.3 is 0 Å². The van der Waals surface area contributed by atoms with E-state index < -0.39 is 0 Å². The second kappa shape index (κ2) is 2.35. The monoisotopic (exact) mass is 184 g/mol. The molecule has 0 aliphatic heterocycles. The van der Waals surface area contributed by atoms with Crippen LogP contribution >= 0.6 is 11.6 Å². The second-order valence-electron chi connectivity index (χ2n) is 4.48. The van der Waals surface area contributed by atoms with Crippen LogP contribution in [0.1, 0.15) is 26.7 Å². The minimum Gasteiger partial charge on any atom is -0.276 e. The SMILES string of the molecule is CC1(C)C2CC=C(C(=O)Cl)C1C2. The zero-order valence-electron chi connectivity index (χ0n) is 7.43. The highest BCUT2D eigenvalue weighted by molar-refractivity contribution is 6.67. The summed E-state index contributed by atoms with van der Waals surface area (Å²) in [4.78, 5) is 11.0. The minimum atomic E-state index is -0.244. The Bertz CT molecular complexity index is 265. The fourth-order valence-electron chi connectivity index (χ4n) is 2.57. The van der Waals surface area contributed by atoms with Crippen LogP contribution in [0.4, 0.5) is 0 Å². The second-order valence-corrected chi connectivity index (χ2v) is 4.82. The van der Waals surface area contributed by atoms with Gasteiger partial charge in [-0.3, -0.25) is 4.79 Å². The van der Waals surface area contributed by atoms with Crippen molar-refractivity contribution in [2.24, 2.45) is 17.3 Å². The standard InChI is InChI=1S/C10H13ClO/c1-10(2)6-3-4-7(9(11)12)8(10)5-6/h4,6,8H,3,5H2,1-2H3. The first-order chi connectivity index (χ1) is 5.53. The van der Waals surface area contributed by atoms with Gasteiger partial charge in [0.25, 0.3) is 0 Å². The molecule has 66 valence electrons. The number of hydrogen-bond donors (Lipinski definition) is 0. The van der Waals surface area contributed by atoms with E-state index in [0.717, 1.165) is 24.3 Å². The number of rotatable bonds is 1. The van der Waals surface area contributed by atoms with Crippen molar-refractivity contribution in [2.75, 3.05) is 0 Å². The Kier molecular flexibility index (Phi) is 1.63. The maximum atomic E-state index is 11.0. The van der Waals surface area contributed by atoms with Crippen molar-refractivity contribution in [3.63, 3.8) is 0 Å². The lowest BCUT2D eigenvalue weighted by molar-refractivity contribution is -0.112. The summed E-state index contributed by atoms with van der Waals surface area (Å²) in [5.74, 6) is 1.21. The van der Waals surface area contributed by atoms with E-state index in [4.69, 9.17) is 11.6 Å². The highest BCUT2D eigenvalue weighted by atomic mass is 35.5. The Morgan fingerprint density at radius 3 is 2.67 bits per heavy atom. The Hall–Kier alpha value is -0.300. The summed E-state index contributed by atoms with van der Waals surface area (Å²) in [5, 5.41) is -0.244. The summed E-state index contributed by atoms with van der Waals surface area (Å²) in [6.45, 7) is 4.47. The number of carbonyl (C=O) groups is 1. The van der Waals surface area contributed by atoms with Gasteiger partial charge in [-0.25, -0.2) is 0 Å². The van der Waals surface area contributed by atoms with Crippen LogP contribution in [0.3, 0.4) is 0 Å². The molecule has 3 rings (SSSR count). The Morgan fingerprint density at radius 2 is 2.33 bits per heavy atom. The number of halogens is 1. The molecule has 1 nitrogen and oxygen atoms in total. The Labute approximate surface area is 77.8 Å². The zero-order valence-corrected chi connectivity index (χ0v) is 8.19. The molecule has 0 spiro atoms. The quantitative estimate of drug-likeness (QED) is 0.573. The summed E-state index contributed by atoms with van der Waals surface area (Å²) < 4.78 is 0. The van der Waals surface area contributed by atoms with Crippen LogP contribution < -0.4 is 0 Å². The lowest BCUT2D eigenvalue weighted by Crippen LogP contribution is -2.48. The third-order valence-electron chi connectivity index (χ3n) is 3.70. The van der Waals surface area contributed by atoms with Gasteiger partial charge in [0, 0.05) is 5.57 Å². The van der Waals surface area contributed by atoms with Crippen LogP contribution in [0.15, 0.2) is 11.6 Å². The van der Waals surface area contributed by atoms with Crippen LogP contribution in [0.25, 0.3) is 0 Å². The van der Waals surface area contributed by atoms with E-state index in [9.17, 15) is 4.79 Å². The molecule has 12 heavy (non-hydrogen) atoms. The summed E-state index contributed by atoms with van der Waals surface area (Å²) in [7, 11) is 0. The number of allylic oxidation sites excluding steroid dienone is 2. The minimum absolute atomic E-state index is 0.244. The maximum Gasteiger partial charge on any atom is 0.248 e. The van der Waals surface area contributed by atoms with Gasteiger partial charge in [-0.15, -0.1) is 0 Å². The average Bonchev–Trinajstić information content (AvgIpc) is 2.04. The van der Waals surface area contributed by atoms with E-state index in [0.29, 0.717) is 11.3 Å². The fraction of sp³-hybridized carbons (Fsp3) is 0.700. The molecule has 3 aliphatic carbocycles. The fourth-order valence-corrected chi connectivity index (χ4v) is 2.78. The Balaban J connectivity index is 2.30. The number of hydrogen-bond acceptors (Lipinski definition) is 1. The summed E-state index contributed by atoms with van der Waals surface area (Å²) in [6.07, 6.45) is 4.23. The normalized spacial score (nSPS) is 36.8. The van der Waals surface area contributed by atoms with Crippen LogP contribution in [0.5, 0.6) is 0 Å². The van der Waals surface area contributed by atoms with Gasteiger partial charge in [-0.1, -0.05) is 19.9 Å².